The van der Waals surface area contributed by atoms with Gasteiger partial charge in [0.15, 0.2) is 0 Å². The highest BCUT2D eigenvalue weighted by atomic mass is 32.2. The molecule has 1 aliphatic rings. The van der Waals surface area contributed by atoms with Crippen molar-refractivity contribution >= 4 is 10.8 Å². The first-order valence-corrected chi connectivity index (χ1v) is 8.01. The van der Waals surface area contributed by atoms with E-state index in [2.05, 4.69) is 12.2 Å². The van der Waals surface area contributed by atoms with Gasteiger partial charge in [0.25, 0.3) is 0 Å². The molecule has 1 saturated heterocycles. The number of hydrogen-bond acceptors (Lipinski definition) is 3. The second kappa shape index (κ2) is 6.34. The molecule has 4 heteroatoms. The van der Waals surface area contributed by atoms with Gasteiger partial charge in [0.1, 0.15) is 5.75 Å². The molecular formula is C14H21NO2S. The van der Waals surface area contributed by atoms with E-state index >= 15 is 0 Å². The Morgan fingerprint density at radius 3 is 2.56 bits per heavy atom. The molecule has 1 aliphatic heterocycles. The molecule has 1 fully saturated rings. The molecule has 1 unspecified atom stereocenters. The molecule has 0 bridgehead atoms. The summed E-state index contributed by atoms with van der Waals surface area (Å²) in [5.41, 5.74) is 1.23. The Kier molecular flexibility index (Phi) is 4.78. The zero-order valence-electron chi connectivity index (χ0n) is 10.8. The second-order valence-electron chi connectivity index (χ2n) is 5.06. The maximum atomic E-state index is 11.3. The summed E-state index contributed by atoms with van der Waals surface area (Å²) in [5.74, 6) is 1.99. The lowest BCUT2D eigenvalue weighted by molar-refractivity contribution is 0.417. The highest BCUT2D eigenvalue weighted by Gasteiger charge is 2.19. The molecule has 0 saturated carbocycles. The predicted octanol–water partition coefficient (Wildman–Crippen LogP) is 1.82. The average molecular weight is 267 g/mol. The van der Waals surface area contributed by atoms with E-state index in [-0.39, 0.29) is 0 Å². The Labute approximate surface area is 111 Å². The zero-order chi connectivity index (χ0) is 13.0. The van der Waals surface area contributed by atoms with Crippen molar-refractivity contribution in [2.24, 2.45) is 0 Å². The number of rotatable bonds is 4. The molecule has 2 N–H and O–H groups in total. The van der Waals surface area contributed by atoms with Crippen LogP contribution in [0.25, 0.3) is 0 Å². The zero-order valence-corrected chi connectivity index (χ0v) is 11.6. The van der Waals surface area contributed by atoms with Crippen molar-refractivity contribution in [1.82, 2.24) is 5.32 Å². The first kappa shape index (κ1) is 13.6. The molecule has 0 aromatic heterocycles. The van der Waals surface area contributed by atoms with Crippen molar-refractivity contribution in [3.8, 4) is 5.75 Å². The average Bonchev–Trinajstić information content (AvgIpc) is 2.35. The minimum atomic E-state index is -0.584. The normalized spacial score (nSPS) is 25.8. The Hall–Kier alpha value is -0.870. The van der Waals surface area contributed by atoms with Gasteiger partial charge in [0.05, 0.1) is 0 Å². The minimum absolute atomic E-state index is 0.314. The van der Waals surface area contributed by atoms with Gasteiger partial charge in [-0.3, -0.25) is 4.21 Å². The van der Waals surface area contributed by atoms with Crippen LogP contribution in [0.2, 0.25) is 0 Å². The summed E-state index contributed by atoms with van der Waals surface area (Å²) in [7, 11) is -0.584. The molecule has 0 amide bonds. The van der Waals surface area contributed by atoms with Gasteiger partial charge in [-0.1, -0.05) is 12.1 Å². The van der Waals surface area contributed by atoms with Crippen LogP contribution < -0.4 is 5.32 Å². The molecule has 3 nitrogen and oxygen atoms in total. The summed E-state index contributed by atoms with van der Waals surface area (Å²) in [5, 5.41) is 12.8. The number of nitrogens with one attached hydrogen (secondary N) is 1. The van der Waals surface area contributed by atoms with Crippen LogP contribution in [0.1, 0.15) is 25.3 Å². The van der Waals surface area contributed by atoms with Gasteiger partial charge in [-0.15, -0.1) is 0 Å². The number of hydrogen-bond donors (Lipinski definition) is 2. The summed E-state index contributed by atoms with van der Waals surface area (Å²) >= 11 is 0. The summed E-state index contributed by atoms with van der Waals surface area (Å²) in [6.07, 6.45) is 3.00. The van der Waals surface area contributed by atoms with Crippen LogP contribution in [0.3, 0.4) is 0 Å². The highest BCUT2D eigenvalue weighted by molar-refractivity contribution is 7.85. The highest BCUT2D eigenvalue weighted by Crippen LogP contribution is 2.13. The van der Waals surface area contributed by atoms with Crippen LogP contribution in [0.5, 0.6) is 5.75 Å². The van der Waals surface area contributed by atoms with Gasteiger partial charge in [-0.2, -0.15) is 0 Å². The molecule has 0 spiro atoms. The fraction of sp³-hybridized carbons (Fsp3) is 0.571. The monoisotopic (exact) mass is 267 g/mol. The molecule has 0 radical (unpaired) electrons. The number of aromatic hydroxyl groups is 1. The van der Waals surface area contributed by atoms with Gasteiger partial charge in [-0.25, -0.2) is 0 Å². The van der Waals surface area contributed by atoms with Crippen LogP contribution in [-0.4, -0.2) is 32.9 Å². The summed E-state index contributed by atoms with van der Waals surface area (Å²) in [6.45, 7) is 2.18. The van der Waals surface area contributed by atoms with Crippen molar-refractivity contribution in [3.05, 3.63) is 29.8 Å². The van der Waals surface area contributed by atoms with E-state index in [0.717, 1.165) is 30.8 Å². The smallest absolute Gasteiger partial charge is 0.115 e. The molecule has 1 aromatic rings. The number of benzene rings is 1. The van der Waals surface area contributed by atoms with E-state index in [1.807, 2.05) is 12.1 Å². The van der Waals surface area contributed by atoms with Gasteiger partial charge in [0, 0.05) is 34.4 Å². The van der Waals surface area contributed by atoms with E-state index in [0.29, 0.717) is 17.8 Å². The molecule has 2 rings (SSSR count). The van der Waals surface area contributed by atoms with E-state index in [9.17, 15) is 9.32 Å². The van der Waals surface area contributed by atoms with Crippen LogP contribution in [0, 0.1) is 0 Å². The van der Waals surface area contributed by atoms with Crippen molar-refractivity contribution in [1.29, 1.82) is 0 Å². The van der Waals surface area contributed by atoms with Gasteiger partial charge in [-0.05, 0) is 43.9 Å². The number of phenolic OH excluding ortho intramolecular Hbond substituents is 1. The lowest BCUT2D eigenvalue weighted by Crippen LogP contribution is -2.41. The molecule has 1 aromatic carbocycles. The van der Waals surface area contributed by atoms with Crippen LogP contribution in [0.4, 0.5) is 0 Å². The van der Waals surface area contributed by atoms with Crippen LogP contribution in [0.15, 0.2) is 24.3 Å². The van der Waals surface area contributed by atoms with E-state index in [1.54, 1.807) is 12.1 Å². The van der Waals surface area contributed by atoms with Crippen LogP contribution >= 0.6 is 0 Å². The van der Waals surface area contributed by atoms with Crippen LogP contribution in [-0.2, 0) is 17.2 Å². The van der Waals surface area contributed by atoms with Gasteiger partial charge < -0.3 is 10.4 Å². The molecule has 0 aliphatic carbocycles. The Balaban J connectivity index is 1.79. The predicted molar refractivity (Wildman–Crippen MR) is 75.3 cm³/mol. The first-order chi connectivity index (χ1) is 8.63. The largest absolute Gasteiger partial charge is 0.508 e. The molecule has 1 heterocycles. The van der Waals surface area contributed by atoms with Crippen molar-refractivity contribution in [3.63, 3.8) is 0 Å². The Bertz CT molecular complexity index is 395. The van der Waals surface area contributed by atoms with E-state index < -0.39 is 10.8 Å². The summed E-state index contributed by atoms with van der Waals surface area (Å²) in [6, 6.07) is 8.30. The fourth-order valence-electron chi connectivity index (χ4n) is 2.41. The third-order valence-electron chi connectivity index (χ3n) is 3.39. The van der Waals surface area contributed by atoms with Gasteiger partial charge in [0.2, 0.25) is 0 Å². The molecular weight excluding hydrogens is 246 g/mol. The lowest BCUT2D eigenvalue weighted by Gasteiger charge is -2.26. The van der Waals surface area contributed by atoms with Crippen molar-refractivity contribution in [2.75, 3.05) is 11.5 Å². The van der Waals surface area contributed by atoms with E-state index in [4.69, 9.17) is 0 Å². The van der Waals surface area contributed by atoms with E-state index in [1.165, 1.54) is 5.56 Å². The third-order valence-corrected chi connectivity index (χ3v) is 4.77. The fourth-order valence-corrected chi connectivity index (χ4v) is 3.71. The first-order valence-electron chi connectivity index (χ1n) is 6.52. The SMILES string of the molecule is CC(Cc1ccc(O)cc1)NC1CCS(=O)CC1. The third kappa shape index (κ3) is 4.10. The Morgan fingerprint density at radius 1 is 1.33 bits per heavy atom. The summed E-state index contributed by atoms with van der Waals surface area (Å²) < 4.78 is 11.3. The molecule has 18 heavy (non-hydrogen) atoms. The minimum Gasteiger partial charge on any atom is -0.508 e. The molecule has 1 atom stereocenters. The topological polar surface area (TPSA) is 49.3 Å². The second-order valence-corrected chi connectivity index (χ2v) is 6.76. The standard InChI is InChI=1S/C14H21NO2S/c1-11(10-12-2-4-14(16)5-3-12)15-13-6-8-18(17)9-7-13/h2-5,11,13,15-16H,6-10H2,1H3. The number of phenols is 1. The Morgan fingerprint density at radius 2 is 1.94 bits per heavy atom. The summed E-state index contributed by atoms with van der Waals surface area (Å²) in [4.78, 5) is 0. The maximum absolute atomic E-state index is 11.3. The lowest BCUT2D eigenvalue weighted by atomic mass is 10.0. The quantitative estimate of drug-likeness (QED) is 0.875. The maximum Gasteiger partial charge on any atom is 0.115 e. The van der Waals surface area contributed by atoms with Crippen molar-refractivity contribution < 1.29 is 9.32 Å². The van der Waals surface area contributed by atoms with Crippen molar-refractivity contribution in [2.45, 2.75) is 38.3 Å². The van der Waals surface area contributed by atoms with Gasteiger partial charge >= 0.3 is 0 Å². The molecule has 100 valence electrons.